The summed E-state index contributed by atoms with van der Waals surface area (Å²) in [6.45, 7) is 21.6. The summed E-state index contributed by atoms with van der Waals surface area (Å²) >= 11 is 0. The molecule has 7 heterocycles. The Balaban J connectivity index is 0.768. The van der Waals surface area contributed by atoms with E-state index in [1.807, 2.05) is 37.3 Å². The van der Waals surface area contributed by atoms with Crippen molar-refractivity contribution < 1.29 is 24.3 Å². The third-order valence-corrected chi connectivity index (χ3v) is 17.3. The van der Waals surface area contributed by atoms with Crippen LogP contribution in [-0.2, 0) is 37.8 Å². The topological polar surface area (TPSA) is 181 Å². The van der Waals surface area contributed by atoms with Crippen LogP contribution in [-0.4, -0.2) is 115 Å². The molecule has 3 aromatic heterocycles. The first-order valence-corrected chi connectivity index (χ1v) is 27.1. The van der Waals surface area contributed by atoms with Crippen LogP contribution in [0.15, 0.2) is 72.3 Å². The van der Waals surface area contributed by atoms with Gasteiger partial charge in [-0.1, -0.05) is 34.3 Å². The van der Waals surface area contributed by atoms with E-state index in [1.54, 1.807) is 41.4 Å². The summed E-state index contributed by atoms with van der Waals surface area (Å²) in [6.07, 6.45) is 11.9. The standard InChI is InChI=1S/C59H71N11O6/c1-9-51(72)62-45-28-38(61-52-57(76)64(8)33-46(63-52)41-14-19-60-53(44(41)34-71)69-25-24-68-49(56(69)75)27-37-30-59(6,7)31-50(37)68)10-11-47(45)67-23-22-66(32-36(67)3)39-15-20-65(21-16-39)48-29-43-42(26-35(48)2)54(73)70(55(43)74)40-12-17-58(4,5)18-13-40/h9-11,14,19,26-29,33,36,39-40,71H,1,12-13,15-18,20-25,30-32,34H2,2-8H3,(H,61,63)(H,62,72). The van der Waals surface area contributed by atoms with Gasteiger partial charge in [0.2, 0.25) is 5.91 Å². The first-order chi connectivity index (χ1) is 36.3. The molecule has 6 aliphatic rings. The maximum absolute atomic E-state index is 14.1. The summed E-state index contributed by atoms with van der Waals surface area (Å²) in [7, 11) is 1.64. The molecule has 17 nitrogen and oxygen atoms in total. The minimum atomic E-state index is -0.413. The number of nitrogens with zero attached hydrogens (tertiary/aromatic N) is 9. The van der Waals surface area contributed by atoms with Gasteiger partial charge in [0.15, 0.2) is 5.82 Å². The number of imide groups is 1. The van der Waals surface area contributed by atoms with Crippen LogP contribution < -0.4 is 30.9 Å². The van der Waals surface area contributed by atoms with Crippen LogP contribution in [0, 0.1) is 17.8 Å². The van der Waals surface area contributed by atoms with Gasteiger partial charge in [0.05, 0.1) is 34.8 Å². The summed E-state index contributed by atoms with van der Waals surface area (Å²) in [4.78, 5) is 88.2. The second kappa shape index (κ2) is 19.5. The lowest BCUT2D eigenvalue weighted by molar-refractivity contribution is -0.111. The molecular weight excluding hydrogens is 959 g/mol. The number of aliphatic hydroxyl groups is 1. The molecule has 1 unspecified atom stereocenters. The fourth-order valence-electron chi connectivity index (χ4n) is 13.2. The van der Waals surface area contributed by atoms with Crippen LogP contribution in [0.25, 0.3) is 11.3 Å². The van der Waals surface area contributed by atoms with Gasteiger partial charge in [-0.2, -0.15) is 0 Å². The van der Waals surface area contributed by atoms with Crippen LogP contribution >= 0.6 is 0 Å². The molecule has 1 saturated carbocycles. The number of hydrogen-bond acceptors (Lipinski definition) is 12. The van der Waals surface area contributed by atoms with Gasteiger partial charge in [-0.25, -0.2) is 9.97 Å². The highest BCUT2D eigenvalue weighted by Gasteiger charge is 2.44. The van der Waals surface area contributed by atoms with Crippen molar-refractivity contribution >= 4 is 58.0 Å². The van der Waals surface area contributed by atoms with E-state index in [4.69, 9.17) is 4.98 Å². The Bertz CT molecular complexity index is 3260. The van der Waals surface area contributed by atoms with Gasteiger partial charge in [-0.05, 0) is 136 Å². The average Bonchev–Trinajstić information content (AvgIpc) is 4.04. The summed E-state index contributed by atoms with van der Waals surface area (Å²) in [5.74, 6) is -0.442. The third-order valence-electron chi connectivity index (χ3n) is 17.3. The lowest BCUT2D eigenvalue weighted by Gasteiger charge is -2.47. The number of aryl methyl sites for hydroxylation is 2. The van der Waals surface area contributed by atoms with Crippen molar-refractivity contribution in [3.63, 3.8) is 0 Å². The number of benzene rings is 2. The first kappa shape index (κ1) is 51.0. The number of piperazine rings is 1. The molecule has 2 aromatic carbocycles. The molecule has 1 atom stereocenters. The number of anilines is 6. The van der Waals surface area contributed by atoms with E-state index >= 15 is 0 Å². The zero-order chi connectivity index (χ0) is 53.5. The van der Waals surface area contributed by atoms with Crippen molar-refractivity contribution in [3.8, 4) is 11.3 Å². The zero-order valence-corrected chi connectivity index (χ0v) is 45.0. The van der Waals surface area contributed by atoms with E-state index in [0.717, 1.165) is 101 Å². The van der Waals surface area contributed by atoms with E-state index in [1.165, 1.54) is 21.9 Å². The Morgan fingerprint density at radius 1 is 0.829 bits per heavy atom. The molecule has 398 valence electrons. The van der Waals surface area contributed by atoms with Crippen LogP contribution in [0.3, 0.4) is 0 Å². The number of rotatable bonds is 11. The monoisotopic (exact) mass is 1030 g/mol. The van der Waals surface area contributed by atoms with Gasteiger partial charge in [0, 0.05) is 112 Å². The molecule has 0 bridgehead atoms. The molecule has 3 N–H and O–H groups in total. The van der Waals surface area contributed by atoms with E-state index in [0.29, 0.717) is 70.0 Å². The van der Waals surface area contributed by atoms with Crippen molar-refractivity contribution in [1.29, 1.82) is 0 Å². The fraction of sp³-hybridized carbons (Fsp3) is 0.475. The Morgan fingerprint density at radius 2 is 1.57 bits per heavy atom. The van der Waals surface area contributed by atoms with Crippen LogP contribution in [0.4, 0.5) is 34.4 Å². The molecule has 3 fully saturated rings. The van der Waals surface area contributed by atoms with Crippen LogP contribution in [0.5, 0.6) is 0 Å². The molecule has 2 saturated heterocycles. The maximum Gasteiger partial charge on any atom is 0.293 e. The maximum atomic E-state index is 14.1. The van der Waals surface area contributed by atoms with Gasteiger partial charge in [0.1, 0.15) is 11.5 Å². The lowest BCUT2D eigenvalue weighted by atomic mass is 9.75. The molecule has 11 rings (SSSR count). The van der Waals surface area contributed by atoms with Crippen LogP contribution in [0.1, 0.15) is 127 Å². The second-order valence-corrected chi connectivity index (χ2v) is 23.7. The molecule has 2 aliphatic carbocycles. The fourth-order valence-corrected chi connectivity index (χ4v) is 13.2. The molecule has 0 radical (unpaired) electrons. The van der Waals surface area contributed by atoms with Crippen molar-refractivity contribution in [2.75, 3.05) is 64.6 Å². The number of fused-ring (bicyclic) bond motifs is 4. The van der Waals surface area contributed by atoms with Crippen molar-refractivity contribution in [1.82, 2.24) is 28.9 Å². The molecule has 5 aromatic rings. The summed E-state index contributed by atoms with van der Waals surface area (Å²) < 4.78 is 3.57. The van der Waals surface area contributed by atoms with Crippen molar-refractivity contribution in [2.24, 2.45) is 17.9 Å². The van der Waals surface area contributed by atoms with Gasteiger partial charge in [-0.3, -0.25) is 38.7 Å². The SMILES string of the molecule is C=CC(=O)Nc1cc(Nc2nc(-c3ccnc(N4CCn5c(cc6c5CC(C)(C)C6)C4=O)c3CO)cn(C)c2=O)ccc1N1CCN(C2CCN(c3cc4c(cc3C)C(=O)N(C3CCC(C)(C)CC3)C4=O)CC2)CC1C. The van der Waals surface area contributed by atoms with E-state index in [9.17, 15) is 29.1 Å². The van der Waals surface area contributed by atoms with Crippen LogP contribution in [0.2, 0.25) is 0 Å². The predicted molar refractivity (Wildman–Crippen MR) is 296 cm³/mol. The molecule has 4 amide bonds. The van der Waals surface area contributed by atoms with Gasteiger partial charge in [-0.15, -0.1) is 0 Å². The first-order valence-electron chi connectivity index (χ1n) is 27.1. The Morgan fingerprint density at radius 3 is 2.28 bits per heavy atom. The highest BCUT2D eigenvalue weighted by molar-refractivity contribution is 6.22. The van der Waals surface area contributed by atoms with Gasteiger partial charge >= 0.3 is 0 Å². The van der Waals surface area contributed by atoms with Crippen molar-refractivity contribution in [3.05, 3.63) is 117 Å². The highest BCUT2D eigenvalue weighted by Crippen LogP contribution is 2.43. The van der Waals surface area contributed by atoms with E-state index in [-0.39, 0.29) is 57.9 Å². The number of carbonyl (C=O) groups is 4. The van der Waals surface area contributed by atoms with Crippen molar-refractivity contribution in [2.45, 2.75) is 124 Å². The smallest absolute Gasteiger partial charge is 0.293 e. The van der Waals surface area contributed by atoms with E-state index in [2.05, 4.69) is 76.1 Å². The largest absolute Gasteiger partial charge is 0.392 e. The van der Waals surface area contributed by atoms with Gasteiger partial charge < -0.3 is 34.7 Å². The lowest BCUT2D eigenvalue weighted by Crippen LogP contribution is -2.57. The summed E-state index contributed by atoms with van der Waals surface area (Å²) in [5.41, 5.74) is 9.49. The quantitative estimate of drug-likeness (QED) is 0.0863. The number of hydrogen-bond donors (Lipinski definition) is 3. The minimum Gasteiger partial charge on any atom is -0.392 e. The zero-order valence-electron chi connectivity index (χ0n) is 45.0. The average molecular weight is 1030 g/mol. The number of aromatic nitrogens is 4. The number of nitrogens with one attached hydrogen (secondary N) is 2. The predicted octanol–water partition coefficient (Wildman–Crippen LogP) is 7.84. The number of aliphatic hydroxyl groups excluding tert-OH is 1. The Labute approximate surface area is 444 Å². The normalized spacial score (nSPS) is 20.7. The molecule has 4 aliphatic heterocycles. The number of carbonyl (C=O) groups excluding carboxylic acids is 4. The van der Waals surface area contributed by atoms with E-state index < -0.39 is 6.61 Å². The molecule has 17 heteroatoms. The molecular formula is C59H71N11O6. The molecule has 76 heavy (non-hydrogen) atoms. The highest BCUT2D eigenvalue weighted by atomic mass is 16.3. The second-order valence-electron chi connectivity index (χ2n) is 23.7. The number of piperidine rings is 1. The molecule has 0 spiro atoms. The van der Waals surface area contributed by atoms with Gasteiger partial charge in [0.25, 0.3) is 23.3 Å². The summed E-state index contributed by atoms with van der Waals surface area (Å²) in [6, 6.07) is 13.7. The third kappa shape index (κ3) is 9.18. The summed E-state index contributed by atoms with van der Waals surface area (Å²) in [5, 5.41) is 17.1. The minimum absolute atomic E-state index is 0.0360. The number of pyridine rings is 1. The Kier molecular flexibility index (Phi) is 13.1. The number of amides is 4. The Hall–Kier alpha value is -7.11.